The first-order valence-corrected chi connectivity index (χ1v) is 8.11. The number of nitrogens with zero attached hydrogens (tertiary/aromatic N) is 4. The normalized spacial score (nSPS) is 13.6. The predicted octanol–water partition coefficient (Wildman–Crippen LogP) is 2.97. The van der Waals surface area contributed by atoms with E-state index in [1.54, 1.807) is 17.1 Å². The van der Waals surface area contributed by atoms with Gasteiger partial charge in [-0.25, -0.2) is 14.6 Å². The van der Waals surface area contributed by atoms with Crippen molar-refractivity contribution >= 4 is 11.8 Å². The Kier molecular flexibility index (Phi) is 3.85. The van der Waals surface area contributed by atoms with Crippen molar-refractivity contribution in [2.75, 3.05) is 13.2 Å². The predicted molar refractivity (Wildman–Crippen MR) is 85.3 cm³/mol. The molecule has 0 unspecified atom stereocenters. The van der Waals surface area contributed by atoms with Crippen molar-refractivity contribution in [1.82, 2.24) is 19.7 Å². The van der Waals surface area contributed by atoms with Gasteiger partial charge < -0.3 is 9.47 Å². The van der Waals surface area contributed by atoms with Crippen molar-refractivity contribution in [1.29, 1.82) is 0 Å². The number of rotatable bonds is 3. The fourth-order valence-electron chi connectivity index (χ4n) is 2.23. The Morgan fingerprint density at radius 3 is 2.83 bits per heavy atom. The summed E-state index contributed by atoms with van der Waals surface area (Å²) in [7, 11) is 0. The fraction of sp³-hybridized carbons (Fsp3) is 0.188. The van der Waals surface area contributed by atoms with E-state index < -0.39 is 0 Å². The number of aromatic nitrogens is 4. The van der Waals surface area contributed by atoms with E-state index in [9.17, 15) is 0 Å². The Morgan fingerprint density at radius 1 is 1.04 bits per heavy atom. The van der Waals surface area contributed by atoms with E-state index >= 15 is 0 Å². The highest BCUT2D eigenvalue weighted by atomic mass is 32.2. The summed E-state index contributed by atoms with van der Waals surface area (Å²) in [6.07, 6.45) is 6.20. The van der Waals surface area contributed by atoms with Gasteiger partial charge >= 0.3 is 0 Å². The lowest BCUT2D eigenvalue weighted by atomic mass is 10.3. The summed E-state index contributed by atoms with van der Waals surface area (Å²) < 4.78 is 13.1. The molecule has 3 aromatic rings. The molecule has 0 amide bonds. The Labute approximate surface area is 137 Å². The molecule has 3 heterocycles. The zero-order valence-electron chi connectivity index (χ0n) is 12.3. The van der Waals surface area contributed by atoms with Crippen LogP contribution in [-0.4, -0.2) is 33.0 Å². The first kappa shape index (κ1) is 14.1. The van der Waals surface area contributed by atoms with Crippen LogP contribution < -0.4 is 9.47 Å². The second-order valence-electron chi connectivity index (χ2n) is 4.91. The molecule has 0 bridgehead atoms. The van der Waals surface area contributed by atoms with Gasteiger partial charge in [0.1, 0.15) is 0 Å². The molecule has 2 aromatic heterocycles. The lowest BCUT2D eigenvalue weighted by molar-refractivity contribution is 0.297. The van der Waals surface area contributed by atoms with Crippen LogP contribution >= 0.6 is 11.8 Å². The Balaban J connectivity index is 1.58. The van der Waals surface area contributed by atoms with Crippen molar-refractivity contribution in [2.45, 2.75) is 16.5 Å². The minimum atomic E-state index is 0.660. The second-order valence-corrected chi connectivity index (χ2v) is 5.95. The quantitative estimate of drug-likeness (QED) is 0.690. The van der Waals surface area contributed by atoms with Gasteiger partial charge in [-0.1, -0.05) is 0 Å². The molecule has 0 N–H and O–H groups in total. The molecule has 7 heteroatoms. The van der Waals surface area contributed by atoms with E-state index in [1.165, 1.54) is 11.8 Å². The molecule has 6 nitrogen and oxygen atoms in total. The molecule has 0 saturated carbocycles. The van der Waals surface area contributed by atoms with Gasteiger partial charge in [0.05, 0.1) is 13.2 Å². The molecule has 0 fully saturated rings. The first-order valence-electron chi connectivity index (χ1n) is 7.29. The third kappa shape index (κ3) is 3.14. The molecule has 1 aliphatic heterocycles. The third-order valence-electron chi connectivity index (χ3n) is 3.29. The van der Waals surface area contributed by atoms with Crippen molar-refractivity contribution in [3.05, 3.63) is 48.9 Å². The molecular formula is C16H14N4O2S. The molecule has 0 atom stereocenters. The van der Waals surface area contributed by atoms with Gasteiger partial charge in [-0.2, -0.15) is 5.10 Å². The van der Waals surface area contributed by atoms with Crippen LogP contribution in [0.2, 0.25) is 0 Å². The van der Waals surface area contributed by atoms with Crippen LogP contribution in [0.15, 0.2) is 59.0 Å². The number of ether oxygens (including phenoxy) is 2. The number of fused-ring (bicyclic) bond motifs is 1. The molecule has 0 aliphatic carbocycles. The first-order chi connectivity index (χ1) is 11.4. The van der Waals surface area contributed by atoms with E-state index in [4.69, 9.17) is 9.47 Å². The minimum absolute atomic E-state index is 0.660. The highest BCUT2D eigenvalue weighted by Crippen LogP contribution is 2.35. The summed E-state index contributed by atoms with van der Waals surface area (Å²) in [4.78, 5) is 9.84. The summed E-state index contributed by atoms with van der Waals surface area (Å²) in [6, 6.07) is 9.57. The monoisotopic (exact) mass is 326 g/mol. The summed E-state index contributed by atoms with van der Waals surface area (Å²) in [6.45, 7) is 1.36. The van der Waals surface area contributed by atoms with Crippen LogP contribution in [0.5, 0.6) is 11.5 Å². The highest BCUT2D eigenvalue weighted by molar-refractivity contribution is 7.99. The van der Waals surface area contributed by atoms with Crippen LogP contribution in [0.3, 0.4) is 0 Å². The zero-order valence-corrected chi connectivity index (χ0v) is 13.1. The van der Waals surface area contributed by atoms with E-state index in [2.05, 4.69) is 15.1 Å². The van der Waals surface area contributed by atoms with E-state index in [-0.39, 0.29) is 0 Å². The second kappa shape index (κ2) is 6.29. The van der Waals surface area contributed by atoms with Gasteiger partial charge in [0, 0.05) is 36.0 Å². The lowest BCUT2D eigenvalue weighted by Crippen LogP contribution is -1.99. The summed E-state index contributed by atoms with van der Waals surface area (Å²) in [5, 5.41) is 4.84. The highest BCUT2D eigenvalue weighted by Gasteiger charge is 2.12. The minimum Gasteiger partial charge on any atom is -0.490 e. The standard InChI is InChI=1S/C16H14N4O2S/c1-6-18-20(8-1)15-5-7-17-16(19-15)23-12-3-4-13-14(11-12)22-10-2-9-21-13/h1,3-8,11H,2,9-10H2. The molecule has 1 aliphatic rings. The maximum absolute atomic E-state index is 5.72. The van der Waals surface area contributed by atoms with E-state index in [0.717, 1.165) is 28.6 Å². The van der Waals surface area contributed by atoms with Crippen molar-refractivity contribution in [2.24, 2.45) is 0 Å². The van der Waals surface area contributed by atoms with E-state index in [1.807, 2.05) is 36.5 Å². The molecule has 1 aromatic carbocycles. The van der Waals surface area contributed by atoms with Crippen LogP contribution in [0.25, 0.3) is 5.82 Å². The number of hydrogen-bond acceptors (Lipinski definition) is 6. The van der Waals surface area contributed by atoms with Crippen LogP contribution in [0, 0.1) is 0 Å². The molecular weight excluding hydrogens is 312 g/mol. The van der Waals surface area contributed by atoms with Crippen molar-refractivity contribution in [3.8, 4) is 17.3 Å². The average molecular weight is 326 g/mol. The van der Waals surface area contributed by atoms with Gasteiger partial charge in [-0.3, -0.25) is 0 Å². The van der Waals surface area contributed by atoms with Gasteiger partial charge in [-0.05, 0) is 36.0 Å². The Morgan fingerprint density at radius 2 is 1.96 bits per heavy atom. The van der Waals surface area contributed by atoms with Crippen LogP contribution in [0.1, 0.15) is 6.42 Å². The molecule has 0 saturated heterocycles. The molecule has 4 rings (SSSR count). The third-order valence-corrected chi connectivity index (χ3v) is 4.15. The topological polar surface area (TPSA) is 62.1 Å². The molecule has 23 heavy (non-hydrogen) atoms. The summed E-state index contributed by atoms with van der Waals surface area (Å²) in [5.41, 5.74) is 0. The van der Waals surface area contributed by atoms with Crippen LogP contribution in [-0.2, 0) is 0 Å². The maximum atomic E-state index is 5.72. The lowest BCUT2D eigenvalue weighted by Gasteiger charge is -2.09. The maximum Gasteiger partial charge on any atom is 0.194 e. The molecule has 0 spiro atoms. The smallest absolute Gasteiger partial charge is 0.194 e. The van der Waals surface area contributed by atoms with Crippen LogP contribution in [0.4, 0.5) is 0 Å². The number of benzene rings is 1. The fourth-order valence-corrected chi connectivity index (χ4v) is 2.99. The summed E-state index contributed by atoms with van der Waals surface area (Å²) >= 11 is 1.48. The SMILES string of the molecule is c1cnn(-c2ccnc(Sc3ccc4c(c3)OCCCO4)n2)c1. The summed E-state index contributed by atoms with van der Waals surface area (Å²) in [5.74, 6) is 2.30. The Hall–Kier alpha value is -2.54. The van der Waals surface area contributed by atoms with Crippen molar-refractivity contribution < 1.29 is 9.47 Å². The van der Waals surface area contributed by atoms with Gasteiger partial charge in [-0.15, -0.1) is 0 Å². The Bertz CT molecular complexity index is 808. The van der Waals surface area contributed by atoms with Gasteiger partial charge in [0.15, 0.2) is 22.5 Å². The average Bonchev–Trinajstić information content (AvgIpc) is 3.01. The van der Waals surface area contributed by atoms with Gasteiger partial charge in [0.2, 0.25) is 0 Å². The van der Waals surface area contributed by atoms with Crippen molar-refractivity contribution in [3.63, 3.8) is 0 Å². The van der Waals surface area contributed by atoms with E-state index in [0.29, 0.717) is 18.4 Å². The molecule has 0 radical (unpaired) electrons. The number of hydrogen-bond donors (Lipinski definition) is 0. The largest absolute Gasteiger partial charge is 0.490 e. The molecule has 116 valence electrons. The zero-order chi connectivity index (χ0) is 15.5. The van der Waals surface area contributed by atoms with Gasteiger partial charge in [0.25, 0.3) is 0 Å².